The quantitative estimate of drug-likeness (QED) is 0.764. The highest BCUT2D eigenvalue weighted by Gasteiger charge is 2.06. The monoisotopic (exact) mass is 319 g/mol. The van der Waals surface area contributed by atoms with E-state index in [1.165, 1.54) is 23.0 Å². The molecule has 0 spiro atoms. The Hall–Kier alpha value is -1.86. The fourth-order valence-electron chi connectivity index (χ4n) is 1.77. The second-order valence-corrected chi connectivity index (χ2v) is 4.34. The van der Waals surface area contributed by atoms with Gasteiger partial charge in [-0.2, -0.15) is 5.10 Å². The largest absolute Gasteiger partial charge is 0.508 e. The van der Waals surface area contributed by atoms with Crippen LogP contribution in [0.2, 0.25) is 0 Å². The number of aromatic nitrogens is 2. The van der Waals surface area contributed by atoms with Crippen molar-refractivity contribution in [2.24, 2.45) is 0 Å². The van der Waals surface area contributed by atoms with Crippen molar-refractivity contribution in [1.82, 2.24) is 15.1 Å². The van der Waals surface area contributed by atoms with Crippen LogP contribution in [0.1, 0.15) is 11.3 Å². The Labute approximate surface area is 126 Å². The number of hydrogen-bond acceptors (Lipinski definition) is 4. The van der Waals surface area contributed by atoms with Crippen LogP contribution in [0, 0.1) is 0 Å². The summed E-state index contributed by atoms with van der Waals surface area (Å²) in [4.78, 5) is 0. The lowest BCUT2D eigenvalue weighted by molar-refractivity contribution is 0.121. The maximum atomic E-state index is 12.2. The highest BCUT2D eigenvalue weighted by Crippen LogP contribution is 2.22. The zero-order valence-electron chi connectivity index (χ0n) is 11.0. The lowest BCUT2D eigenvalue weighted by Crippen LogP contribution is -2.14. The molecule has 21 heavy (non-hydrogen) atoms. The Morgan fingerprint density at radius 1 is 1.19 bits per heavy atom. The third-order valence-corrected chi connectivity index (χ3v) is 2.71. The molecule has 1 heterocycles. The molecule has 0 saturated carbocycles. The van der Waals surface area contributed by atoms with Gasteiger partial charge in [0, 0.05) is 30.9 Å². The maximum absolute atomic E-state index is 12.2. The number of hydrogen-bond donors (Lipinski definition) is 3. The number of nitrogens with one attached hydrogen (secondary N) is 1. The van der Waals surface area contributed by atoms with Gasteiger partial charge in [-0.15, -0.1) is 12.4 Å². The molecule has 0 unspecified atom stereocenters. The van der Waals surface area contributed by atoms with Gasteiger partial charge >= 0.3 is 0 Å². The van der Waals surface area contributed by atoms with Crippen LogP contribution in [0.4, 0.5) is 8.78 Å². The normalized spacial score (nSPS) is 10.6. The minimum atomic E-state index is -2.43. The molecule has 5 nitrogen and oxygen atoms in total. The van der Waals surface area contributed by atoms with Crippen LogP contribution >= 0.6 is 12.4 Å². The summed E-state index contributed by atoms with van der Waals surface area (Å²) in [7, 11) is 0. The topological polar surface area (TPSA) is 70.3 Å². The number of rotatable bonds is 6. The molecular formula is C13H16ClF2N3O2. The van der Waals surface area contributed by atoms with Gasteiger partial charge in [0.2, 0.25) is 0 Å². The van der Waals surface area contributed by atoms with E-state index in [4.69, 9.17) is 5.11 Å². The van der Waals surface area contributed by atoms with Crippen LogP contribution in [0.5, 0.6) is 11.5 Å². The number of aromatic hydroxyl groups is 2. The predicted octanol–water partition coefficient (Wildman–Crippen LogP) is 2.27. The zero-order chi connectivity index (χ0) is 14.5. The van der Waals surface area contributed by atoms with Crippen molar-refractivity contribution in [3.05, 3.63) is 41.7 Å². The molecule has 2 aromatic rings. The van der Waals surface area contributed by atoms with Crippen molar-refractivity contribution in [3.63, 3.8) is 0 Å². The van der Waals surface area contributed by atoms with Crippen LogP contribution in [0.15, 0.2) is 30.5 Å². The van der Waals surface area contributed by atoms with Gasteiger partial charge in [0.25, 0.3) is 6.43 Å². The fraction of sp³-hybridized carbons (Fsp3) is 0.308. The van der Waals surface area contributed by atoms with Gasteiger partial charge in [-0.05, 0) is 12.1 Å². The maximum Gasteiger partial charge on any atom is 0.257 e. The summed E-state index contributed by atoms with van der Waals surface area (Å²) in [6, 6.07) is 6.00. The number of nitrogens with zero attached hydrogens (tertiary/aromatic N) is 2. The van der Waals surface area contributed by atoms with E-state index in [1.807, 2.05) is 0 Å². The smallest absolute Gasteiger partial charge is 0.257 e. The summed E-state index contributed by atoms with van der Waals surface area (Å²) in [6.07, 6.45) is -0.925. The van der Waals surface area contributed by atoms with Crippen molar-refractivity contribution in [2.45, 2.75) is 26.1 Å². The van der Waals surface area contributed by atoms with Gasteiger partial charge in [0.1, 0.15) is 18.0 Å². The van der Waals surface area contributed by atoms with Gasteiger partial charge < -0.3 is 15.5 Å². The van der Waals surface area contributed by atoms with Gasteiger partial charge in [0.15, 0.2) is 0 Å². The van der Waals surface area contributed by atoms with E-state index < -0.39 is 13.0 Å². The lowest BCUT2D eigenvalue weighted by Gasteiger charge is -2.06. The van der Waals surface area contributed by atoms with E-state index in [0.29, 0.717) is 24.3 Å². The van der Waals surface area contributed by atoms with Crippen LogP contribution in [-0.4, -0.2) is 26.4 Å². The van der Waals surface area contributed by atoms with E-state index in [-0.39, 0.29) is 23.9 Å². The summed E-state index contributed by atoms with van der Waals surface area (Å²) in [6.45, 7) is 0.364. The third kappa shape index (κ3) is 5.20. The van der Waals surface area contributed by atoms with Crippen LogP contribution in [0.3, 0.4) is 0 Å². The Kier molecular flexibility index (Phi) is 6.39. The molecule has 0 aliphatic rings. The van der Waals surface area contributed by atoms with Crippen molar-refractivity contribution in [1.29, 1.82) is 0 Å². The van der Waals surface area contributed by atoms with Crippen molar-refractivity contribution in [2.75, 3.05) is 0 Å². The van der Waals surface area contributed by atoms with E-state index in [0.717, 1.165) is 0 Å². The first-order chi connectivity index (χ1) is 9.54. The van der Waals surface area contributed by atoms with Crippen LogP contribution in [-0.2, 0) is 19.6 Å². The van der Waals surface area contributed by atoms with Crippen LogP contribution < -0.4 is 5.32 Å². The van der Waals surface area contributed by atoms with Gasteiger partial charge in [-0.3, -0.25) is 4.68 Å². The molecule has 8 heteroatoms. The van der Waals surface area contributed by atoms with E-state index in [1.54, 1.807) is 12.1 Å². The minimum Gasteiger partial charge on any atom is -0.508 e. The number of phenols is 2. The molecule has 0 aliphatic heterocycles. The summed E-state index contributed by atoms with van der Waals surface area (Å²) in [5, 5.41) is 25.8. The molecule has 2 rings (SSSR count). The number of halogens is 3. The molecule has 0 amide bonds. The average Bonchev–Trinajstić information content (AvgIpc) is 2.79. The van der Waals surface area contributed by atoms with Gasteiger partial charge in [-0.1, -0.05) is 6.07 Å². The van der Waals surface area contributed by atoms with Crippen molar-refractivity contribution >= 4 is 12.4 Å². The molecule has 0 atom stereocenters. The first kappa shape index (κ1) is 17.2. The number of benzene rings is 1. The zero-order valence-corrected chi connectivity index (χ0v) is 11.9. The van der Waals surface area contributed by atoms with Gasteiger partial charge in [0.05, 0.1) is 5.69 Å². The summed E-state index contributed by atoms with van der Waals surface area (Å²) in [5.74, 6) is -0.00211. The fourth-order valence-corrected chi connectivity index (χ4v) is 1.77. The highest BCUT2D eigenvalue weighted by atomic mass is 35.5. The molecule has 0 aliphatic carbocycles. The standard InChI is InChI=1S/C13H15F2N3O2.ClH/c14-13(15)8-18-4-3-10(17-18)7-16-6-9-1-2-11(19)5-12(9)20;/h1-5,13,16,19-20H,6-8H2;1H. The molecule has 0 radical (unpaired) electrons. The number of phenolic OH excluding ortho intramolecular Hbond substituents is 2. The second-order valence-electron chi connectivity index (χ2n) is 4.34. The Morgan fingerprint density at radius 2 is 1.95 bits per heavy atom. The van der Waals surface area contributed by atoms with Gasteiger partial charge in [-0.25, -0.2) is 8.78 Å². The molecule has 0 bridgehead atoms. The first-order valence-corrected chi connectivity index (χ1v) is 6.06. The first-order valence-electron chi connectivity index (χ1n) is 6.06. The molecule has 1 aromatic heterocycles. The predicted molar refractivity (Wildman–Crippen MR) is 75.8 cm³/mol. The van der Waals surface area contributed by atoms with E-state index in [2.05, 4.69) is 10.4 Å². The summed E-state index contributed by atoms with van der Waals surface area (Å²) < 4.78 is 25.5. The molecule has 1 aromatic carbocycles. The van der Waals surface area contributed by atoms with Crippen molar-refractivity contribution in [3.8, 4) is 11.5 Å². The van der Waals surface area contributed by atoms with E-state index in [9.17, 15) is 13.9 Å². The average molecular weight is 320 g/mol. The van der Waals surface area contributed by atoms with E-state index >= 15 is 0 Å². The van der Waals surface area contributed by atoms with Crippen molar-refractivity contribution < 1.29 is 19.0 Å². The molecule has 116 valence electrons. The minimum absolute atomic E-state index is 0. The summed E-state index contributed by atoms with van der Waals surface area (Å²) in [5.41, 5.74) is 1.28. The second kappa shape index (κ2) is 7.80. The molecule has 3 N–H and O–H groups in total. The SMILES string of the molecule is Cl.Oc1ccc(CNCc2ccn(CC(F)F)n2)c(O)c1. The Bertz CT molecular complexity index is 578. The summed E-state index contributed by atoms with van der Waals surface area (Å²) >= 11 is 0. The lowest BCUT2D eigenvalue weighted by atomic mass is 10.2. The Morgan fingerprint density at radius 3 is 2.62 bits per heavy atom. The molecule has 0 fully saturated rings. The van der Waals surface area contributed by atoms with Crippen LogP contribution in [0.25, 0.3) is 0 Å². The Balaban J connectivity index is 0.00000220. The number of alkyl halides is 2. The molecule has 0 saturated heterocycles. The molecular weight excluding hydrogens is 304 g/mol. The third-order valence-electron chi connectivity index (χ3n) is 2.71. The highest BCUT2D eigenvalue weighted by molar-refractivity contribution is 5.85.